The van der Waals surface area contributed by atoms with Gasteiger partial charge in [-0.25, -0.2) is 8.42 Å². The molecule has 26 heavy (non-hydrogen) atoms. The van der Waals surface area contributed by atoms with Gasteiger partial charge in [0.25, 0.3) is 0 Å². The van der Waals surface area contributed by atoms with Crippen LogP contribution in [0.15, 0.2) is 33.7 Å². The van der Waals surface area contributed by atoms with E-state index in [-0.39, 0.29) is 28.8 Å². The van der Waals surface area contributed by atoms with E-state index < -0.39 is 15.7 Å². The third-order valence-corrected chi connectivity index (χ3v) is 5.41. The molecule has 2 aromatic rings. The smallest absolute Gasteiger partial charge is 0.315 e. The number of carbonyl (C=O) groups excluding carboxylic acids is 1. The Kier molecular flexibility index (Phi) is 6.73. The van der Waals surface area contributed by atoms with E-state index in [1.165, 1.54) is 19.2 Å². The van der Waals surface area contributed by atoms with Gasteiger partial charge in [0.15, 0.2) is 15.7 Å². The van der Waals surface area contributed by atoms with Crippen molar-refractivity contribution in [3.8, 4) is 5.75 Å². The molecule has 1 heterocycles. The number of rotatable bonds is 9. The molecular formula is C17H23N3O5S. The van der Waals surface area contributed by atoms with E-state index in [1.807, 2.05) is 0 Å². The van der Waals surface area contributed by atoms with Crippen molar-refractivity contribution in [1.82, 2.24) is 15.5 Å². The van der Waals surface area contributed by atoms with E-state index >= 15 is 0 Å². The number of methoxy groups -OCH3 is 1. The number of carbonyl (C=O) groups is 1. The van der Waals surface area contributed by atoms with Gasteiger partial charge in [-0.2, -0.15) is 4.98 Å². The number of nitrogens with zero attached hydrogens (tertiary/aromatic N) is 2. The molecule has 0 aliphatic rings. The Bertz CT molecular complexity index is 828. The number of benzene rings is 1. The van der Waals surface area contributed by atoms with E-state index in [0.29, 0.717) is 18.2 Å². The van der Waals surface area contributed by atoms with Crippen LogP contribution in [-0.2, 0) is 16.3 Å². The molecular weight excluding hydrogens is 358 g/mol. The average Bonchev–Trinajstić information content (AvgIpc) is 3.09. The zero-order valence-corrected chi connectivity index (χ0v) is 15.9. The summed E-state index contributed by atoms with van der Waals surface area (Å²) in [6, 6.07) is 6.14. The summed E-state index contributed by atoms with van der Waals surface area (Å²) in [7, 11) is -1.99. The maximum absolute atomic E-state index is 12.3. The minimum absolute atomic E-state index is 0.0527. The van der Waals surface area contributed by atoms with Crippen molar-refractivity contribution in [1.29, 1.82) is 0 Å². The number of aryl methyl sites for hydroxylation is 1. The van der Waals surface area contributed by atoms with Gasteiger partial charge in [-0.05, 0) is 36.6 Å². The Hall–Kier alpha value is -2.42. The second-order valence-electron chi connectivity index (χ2n) is 6.20. The van der Waals surface area contributed by atoms with Crippen molar-refractivity contribution in [2.75, 3.05) is 19.4 Å². The van der Waals surface area contributed by atoms with Gasteiger partial charge < -0.3 is 14.6 Å². The van der Waals surface area contributed by atoms with E-state index in [4.69, 9.17) is 9.26 Å². The highest BCUT2D eigenvalue weighted by atomic mass is 32.2. The van der Waals surface area contributed by atoms with Crippen molar-refractivity contribution < 1.29 is 22.5 Å². The van der Waals surface area contributed by atoms with Crippen LogP contribution in [0.1, 0.15) is 36.8 Å². The summed E-state index contributed by atoms with van der Waals surface area (Å²) >= 11 is 0. The van der Waals surface area contributed by atoms with Crippen molar-refractivity contribution >= 4 is 15.7 Å². The van der Waals surface area contributed by atoms with Gasteiger partial charge in [0.1, 0.15) is 5.75 Å². The number of ether oxygens (including phenoxy) is 1. The predicted molar refractivity (Wildman–Crippen MR) is 94.8 cm³/mol. The summed E-state index contributed by atoms with van der Waals surface area (Å²) in [5.41, 5.74) is 0. The monoisotopic (exact) mass is 381 g/mol. The van der Waals surface area contributed by atoms with Crippen LogP contribution in [0.25, 0.3) is 0 Å². The van der Waals surface area contributed by atoms with Crippen LogP contribution >= 0.6 is 0 Å². The Balaban J connectivity index is 1.92. The summed E-state index contributed by atoms with van der Waals surface area (Å²) < 4.78 is 34.6. The first kappa shape index (κ1) is 19.9. The van der Waals surface area contributed by atoms with E-state index in [2.05, 4.69) is 29.3 Å². The number of nitrogens with one attached hydrogen (secondary N) is 1. The van der Waals surface area contributed by atoms with Gasteiger partial charge >= 0.3 is 11.8 Å². The molecule has 8 nitrogen and oxygen atoms in total. The number of hydrogen-bond donors (Lipinski definition) is 1. The van der Waals surface area contributed by atoms with E-state index in [1.54, 1.807) is 12.1 Å². The standard InChI is InChI=1S/C17H23N3O5S/c1-12(2)8-10-18-16(21)17-19-15(20-25-17)9-11-26(22,23)14-6-4-13(24-3)5-7-14/h4-7,12H,8-11H2,1-3H3,(H,18,21). The summed E-state index contributed by atoms with van der Waals surface area (Å²) in [6.07, 6.45) is 0.893. The number of amides is 1. The molecule has 0 radical (unpaired) electrons. The molecule has 1 aromatic heterocycles. The second-order valence-corrected chi connectivity index (χ2v) is 8.31. The lowest BCUT2D eigenvalue weighted by molar-refractivity contribution is 0.0908. The molecule has 0 spiro atoms. The molecule has 2 rings (SSSR count). The maximum atomic E-state index is 12.3. The van der Waals surface area contributed by atoms with Crippen molar-refractivity contribution in [3.63, 3.8) is 0 Å². The summed E-state index contributed by atoms with van der Waals surface area (Å²) in [6.45, 7) is 4.63. The van der Waals surface area contributed by atoms with Crippen LogP contribution in [0.4, 0.5) is 0 Å². The fraction of sp³-hybridized carbons (Fsp3) is 0.471. The SMILES string of the molecule is COc1ccc(S(=O)(=O)CCc2noc(C(=O)NCCC(C)C)n2)cc1. The van der Waals surface area contributed by atoms with Crippen molar-refractivity contribution in [2.45, 2.75) is 31.6 Å². The zero-order valence-electron chi connectivity index (χ0n) is 15.1. The van der Waals surface area contributed by atoms with Crippen molar-refractivity contribution in [2.24, 2.45) is 5.92 Å². The minimum Gasteiger partial charge on any atom is -0.497 e. The van der Waals surface area contributed by atoms with E-state index in [9.17, 15) is 13.2 Å². The molecule has 0 unspecified atom stereocenters. The van der Waals surface area contributed by atoms with Gasteiger partial charge in [-0.15, -0.1) is 0 Å². The number of sulfone groups is 1. The number of hydrogen-bond acceptors (Lipinski definition) is 7. The van der Waals surface area contributed by atoms with Crippen LogP contribution in [0.5, 0.6) is 5.75 Å². The summed E-state index contributed by atoms with van der Waals surface area (Å²) in [4.78, 5) is 16.0. The van der Waals surface area contributed by atoms with E-state index in [0.717, 1.165) is 6.42 Å². The third-order valence-electron chi connectivity index (χ3n) is 3.68. The van der Waals surface area contributed by atoms with Crippen LogP contribution in [0, 0.1) is 5.92 Å². The van der Waals surface area contributed by atoms with Crippen LogP contribution in [0.2, 0.25) is 0 Å². The first-order valence-corrected chi connectivity index (χ1v) is 9.94. The predicted octanol–water partition coefficient (Wildman–Crippen LogP) is 1.87. The lowest BCUT2D eigenvalue weighted by atomic mass is 10.1. The molecule has 0 saturated heterocycles. The molecule has 0 atom stereocenters. The third kappa shape index (κ3) is 5.55. The first-order chi connectivity index (χ1) is 12.3. The quantitative estimate of drug-likeness (QED) is 0.706. The molecule has 1 N–H and O–H groups in total. The lowest BCUT2D eigenvalue weighted by Gasteiger charge is -2.04. The highest BCUT2D eigenvalue weighted by Crippen LogP contribution is 2.17. The molecule has 0 fully saturated rings. The first-order valence-electron chi connectivity index (χ1n) is 8.29. The van der Waals surface area contributed by atoms with Gasteiger partial charge in [-0.1, -0.05) is 19.0 Å². The van der Waals surface area contributed by atoms with Gasteiger partial charge in [0.05, 0.1) is 17.8 Å². The van der Waals surface area contributed by atoms with Crippen LogP contribution in [-0.4, -0.2) is 43.9 Å². The molecule has 9 heteroatoms. The second kappa shape index (κ2) is 8.79. The van der Waals surface area contributed by atoms with Gasteiger partial charge in [0.2, 0.25) is 0 Å². The topological polar surface area (TPSA) is 111 Å². The largest absolute Gasteiger partial charge is 0.497 e. The van der Waals surface area contributed by atoms with Crippen LogP contribution < -0.4 is 10.1 Å². The summed E-state index contributed by atoms with van der Waals surface area (Å²) in [5, 5.41) is 6.36. The Morgan fingerprint density at radius 3 is 2.58 bits per heavy atom. The Morgan fingerprint density at radius 2 is 1.96 bits per heavy atom. The van der Waals surface area contributed by atoms with Gasteiger partial charge in [-0.3, -0.25) is 4.79 Å². The van der Waals surface area contributed by atoms with Crippen LogP contribution in [0.3, 0.4) is 0 Å². The average molecular weight is 381 g/mol. The summed E-state index contributed by atoms with van der Waals surface area (Å²) in [5.74, 6) is 0.420. The Labute approximate surface area is 152 Å². The molecule has 1 amide bonds. The minimum atomic E-state index is -3.50. The van der Waals surface area contributed by atoms with Crippen molar-refractivity contribution in [3.05, 3.63) is 36.0 Å². The highest BCUT2D eigenvalue weighted by Gasteiger charge is 2.19. The fourth-order valence-corrected chi connectivity index (χ4v) is 3.36. The molecule has 0 saturated carbocycles. The molecule has 0 bridgehead atoms. The highest BCUT2D eigenvalue weighted by molar-refractivity contribution is 7.91. The molecule has 142 valence electrons. The molecule has 0 aliphatic carbocycles. The normalized spacial score (nSPS) is 11.5. The molecule has 0 aliphatic heterocycles. The number of aromatic nitrogens is 2. The zero-order chi connectivity index (χ0) is 19.2. The fourth-order valence-electron chi connectivity index (χ4n) is 2.12. The maximum Gasteiger partial charge on any atom is 0.315 e. The van der Waals surface area contributed by atoms with Gasteiger partial charge in [0, 0.05) is 13.0 Å². The molecule has 1 aromatic carbocycles. The Morgan fingerprint density at radius 1 is 1.27 bits per heavy atom. The lowest BCUT2D eigenvalue weighted by Crippen LogP contribution is -2.25.